The molecular weight excluding hydrogens is 276 g/mol. The average molecular weight is 294 g/mol. The summed E-state index contributed by atoms with van der Waals surface area (Å²) in [7, 11) is 1.54. The maximum Gasteiger partial charge on any atom is 0.263 e. The van der Waals surface area contributed by atoms with Crippen LogP contribution in [0.3, 0.4) is 0 Å². The van der Waals surface area contributed by atoms with Gasteiger partial charge in [0.2, 0.25) is 0 Å². The van der Waals surface area contributed by atoms with E-state index in [0.29, 0.717) is 16.4 Å². The number of aliphatic hydroxyl groups excluding tert-OH is 1. The van der Waals surface area contributed by atoms with Crippen LogP contribution < -0.4 is 16.0 Å². The number of nitrogens with zero attached hydrogens (tertiary/aromatic N) is 2. The predicted octanol–water partition coefficient (Wildman–Crippen LogP) is 0.770. The number of amides is 1. The van der Waals surface area contributed by atoms with Gasteiger partial charge in [-0.2, -0.15) is 5.26 Å². The maximum absolute atomic E-state index is 11.8. The molecule has 1 aromatic heterocycles. The van der Waals surface area contributed by atoms with Gasteiger partial charge in [-0.1, -0.05) is 0 Å². The number of nitriles is 1. The quantitative estimate of drug-likeness (QED) is 0.764. The molecule has 7 heteroatoms. The van der Waals surface area contributed by atoms with Gasteiger partial charge in [0.05, 0.1) is 5.69 Å². The first kappa shape index (κ1) is 14.6. The molecule has 1 aromatic rings. The van der Waals surface area contributed by atoms with Crippen molar-refractivity contribution in [3.63, 3.8) is 0 Å². The molecule has 0 radical (unpaired) electrons. The topological polar surface area (TPSA) is 102 Å². The Kier molecular flexibility index (Phi) is 4.47. The highest BCUT2D eigenvalue weighted by Crippen LogP contribution is 2.39. The van der Waals surface area contributed by atoms with E-state index in [0.717, 1.165) is 30.9 Å². The van der Waals surface area contributed by atoms with Crippen LogP contribution in [0.4, 0.5) is 10.7 Å². The van der Waals surface area contributed by atoms with E-state index >= 15 is 0 Å². The minimum atomic E-state index is -0.263. The molecule has 108 valence electrons. The molecule has 2 heterocycles. The largest absolute Gasteiger partial charge is 0.396 e. The van der Waals surface area contributed by atoms with Crippen LogP contribution in [0.5, 0.6) is 0 Å². The molecule has 4 N–H and O–H groups in total. The third-order valence-corrected chi connectivity index (χ3v) is 4.90. The van der Waals surface area contributed by atoms with Gasteiger partial charge in [0.25, 0.3) is 5.91 Å². The Bertz CT molecular complexity index is 541. The zero-order chi connectivity index (χ0) is 14.7. The van der Waals surface area contributed by atoms with Crippen LogP contribution in [-0.4, -0.2) is 37.8 Å². The highest BCUT2D eigenvalue weighted by atomic mass is 32.1. The summed E-state index contributed by atoms with van der Waals surface area (Å²) in [5.41, 5.74) is 6.56. The Hall–Kier alpha value is -1.78. The van der Waals surface area contributed by atoms with Gasteiger partial charge in [-0.15, -0.1) is 11.3 Å². The van der Waals surface area contributed by atoms with E-state index in [-0.39, 0.29) is 18.2 Å². The van der Waals surface area contributed by atoms with Crippen molar-refractivity contribution in [1.82, 2.24) is 5.32 Å². The number of carbonyl (C=O) groups excluding carboxylic acids is 1. The smallest absolute Gasteiger partial charge is 0.263 e. The lowest BCUT2D eigenvalue weighted by Crippen LogP contribution is -2.34. The summed E-state index contributed by atoms with van der Waals surface area (Å²) in [5, 5.41) is 21.7. The molecule has 2 rings (SSSR count). The number of hydrogen-bond donors (Lipinski definition) is 3. The second-order valence-corrected chi connectivity index (χ2v) is 5.83. The summed E-state index contributed by atoms with van der Waals surface area (Å²) in [6.45, 7) is 1.75. The van der Waals surface area contributed by atoms with E-state index in [1.54, 1.807) is 7.05 Å². The Labute approximate surface area is 121 Å². The zero-order valence-corrected chi connectivity index (χ0v) is 12.2. The fourth-order valence-electron chi connectivity index (χ4n) is 2.36. The van der Waals surface area contributed by atoms with Crippen molar-refractivity contribution in [3.8, 4) is 6.07 Å². The van der Waals surface area contributed by atoms with E-state index in [1.807, 2.05) is 0 Å². The normalized spacial score (nSPS) is 15.9. The molecule has 1 aliphatic heterocycles. The minimum absolute atomic E-state index is 0.203. The Morgan fingerprint density at radius 2 is 2.25 bits per heavy atom. The summed E-state index contributed by atoms with van der Waals surface area (Å²) >= 11 is 1.26. The number of nitrogens with one attached hydrogen (secondary N) is 1. The van der Waals surface area contributed by atoms with Gasteiger partial charge >= 0.3 is 0 Å². The summed E-state index contributed by atoms with van der Waals surface area (Å²) < 4.78 is 0. The standard InChI is InChI=1S/C13H18N4O2S/c1-16-12(19)11-10(15)9(6-14)13(20-11)17-4-2-8(7-18)3-5-17/h8,18H,2-5,7,15H2,1H3,(H,16,19). The van der Waals surface area contributed by atoms with Crippen LogP contribution in [-0.2, 0) is 0 Å². The molecule has 0 unspecified atom stereocenters. The Morgan fingerprint density at radius 3 is 2.75 bits per heavy atom. The molecule has 1 fully saturated rings. The number of carbonyl (C=O) groups is 1. The first-order chi connectivity index (χ1) is 9.62. The van der Waals surface area contributed by atoms with Crippen molar-refractivity contribution in [2.24, 2.45) is 5.92 Å². The van der Waals surface area contributed by atoms with Gasteiger partial charge in [-0.3, -0.25) is 4.79 Å². The zero-order valence-electron chi connectivity index (χ0n) is 11.3. The highest BCUT2D eigenvalue weighted by Gasteiger charge is 2.26. The van der Waals surface area contributed by atoms with Crippen LogP contribution >= 0.6 is 11.3 Å². The van der Waals surface area contributed by atoms with Gasteiger partial charge in [0.15, 0.2) is 0 Å². The monoisotopic (exact) mass is 294 g/mol. The second-order valence-electron chi connectivity index (χ2n) is 4.83. The van der Waals surface area contributed by atoms with E-state index in [4.69, 9.17) is 10.8 Å². The molecule has 1 amide bonds. The fraction of sp³-hybridized carbons (Fsp3) is 0.538. The molecule has 0 aliphatic carbocycles. The first-order valence-electron chi connectivity index (χ1n) is 6.52. The Balaban J connectivity index is 2.28. The number of anilines is 2. The van der Waals surface area contributed by atoms with Crippen molar-refractivity contribution in [1.29, 1.82) is 5.26 Å². The lowest BCUT2D eigenvalue weighted by Gasteiger charge is -2.31. The molecule has 0 spiro atoms. The van der Waals surface area contributed by atoms with Gasteiger partial charge in [0.1, 0.15) is 21.5 Å². The second kappa shape index (κ2) is 6.11. The SMILES string of the molecule is CNC(=O)c1sc(N2CCC(CO)CC2)c(C#N)c1N. The van der Waals surface area contributed by atoms with Crippen molar-refractivity contribution in [2.75, 3.05) is 37.4 Å². The average Bonchev–Trinajstić information content (AvgIpc) is 2.83. The summed E-state index contributed by atoms with van der Waals surface area (Å²) in [4.78, 5) is 14.2. The van der Waals surface area contributed by atoms with Crippen LogP contribution in [0, 0.1) is 17.2 Å². The van der Waals surface area contributed by atoms with Gasteiger partial charge in [-0.05, 0) is 18.8 Å². The van der Waals surface area contributed by atoms with Gasteiger partial charge in [0, 0.05) is 26.7 Å². The number of piperidine rings is 1. The van der Waals surface area contributed by atoms with Crippen molar-refractivity contribution in [3.05, 3.63) is 10.4 Å². The molecule has 0 atom stereocenters. The lowest BCUT2D eigenvalue weighted by atomic mass is 9.98. The first-order valence-corrected chi connectivity index (χ1v) is 7.34. The van der Waals surface area contributed by atoms with Crippen molar-refractivity contribution >= 4 is 27.9 Å². The number of aliphatic hydroxyl groups is 1. The number of rotatable bonds is 3. The molecule has 0 saturated carbocycles. The molecule has 1 aliphatic rings. The van der Waals surface area contributed by atoms with Crippen LogP contribution in [0.2, 0.25) is 0 Å². The summed E-state index contributed by atoms with van der Waals surface area (Å²) in [6, 6.07) is 2.10. The van der Waals surface area contributed by atoms with Crippen LogP contribution in [0.25, 0.3) is 0 Å². The van der Waals surface area contributed by atoms with E-state index in [9.17, 15) is 10.1 Å². The number of nitrogen functional groups attached to an aromatic ring is 1. The van der Waals surface area contributed by atoms with Crippen LogP contribution in [0.15, 0.2) is 0 Å². The van der Waals surface area contributed by atoms with Crippen molar-refractivity contribution < 1.29 is 9.90 Å². The third kappa shape index (κ3) is 2.57. The molecule has 6 nitrogen and oxygen atoms in total. The molecule has 0 bridgehead atoms. The highest BCUT2D eigenvalue weighted by molar-refractivity contribution is 7.19. The number of nitrogens with two attached hydrogens (primary N) is 1. The molecule has 0 aromatic carbocycles. The van der Waals surface area contributed by atoms with Gasteiger partial charge in [-0.25, -0.2) is 0 Å². The van der Waals surface area contributed by atoms with E-state index < -0.39 is 0 Å². The van der Waals surface area contributed by atoms with Gasteiger partial charge < -0.3 is 21.1 Å². The minimum Gasteiger partial charge on any atom is -0.396 e. The Morgan fingerprint density at radius 1 is 1.60 bits per heavy atom. The molecule has 1 saturated heterocycles. The predicted molar refractivity (Wildman–Crippen MR) is 78.9 cm³/mol. The van der Waals surface area contributed by atoms with E-state index in [2.05, 4.69) is 16.3 Å². The summed E-state index contributed by atoms with van der Waals surface area (Å²) in [6.07, 6.45) is 1.77. The fourth-order valence-corrected chi connectivity index (χ4v) is 3.53. The molecule has 20 heavy (non-hydrogen) atoms. The lowest BCUT2D eigenvalue weighted by molar-refractivity contribution is 0.0968. The summed E-state index contributed by atoms with van der Waals surface area (Å²) in [5.74, 6) is 0.0630. The molecular formula is C13H18N4O2S. The third-order valence-electron chi connectivity index (χ3n) is 3.63. The maximum atomic E-state index is 11.8. The number of hydrogen-bond acceptors (Lipinski definition) is 6. The van der Waals surface area contributed by atoms with Crippen LogP contribution in [0.1, 0.15) is 28.1 Å². The van der Waals surface area contributed by atoms with Crippen molar-refractivity contribution in [2.45, 2.75) is 12.8 Å². The number of thiophene rings is 1. The van der Waals surface area contributed by atoms with E-state index in [1.165, 1.54) is 11.3 Å².